The fourth-order valence-electron chi connectivity index (χ4n) is 3.05. The Labute approximate surface area is 164 Å². The number of aromatic hydroxyl groups is 1. The van der Waals surface area contributed by atoms with Crippen LogP contribution in [0, 0.1) is 5.92 Å². The van der Waals surface area contributed by atoms with Crippen molar-refractivity contribution in [1.29, 1.82) is 0 Å². The topological polar surface area (TPSA) is 89.9 Å². The summed E-state index contributed by atoms with van der Waals surface area (Å²) in [5, 5.41) is 10.4. The van der Waals surface area contributed by atoms with Gasteiger partial charge >= 0.3 is 5.97 Å². The van der Waals surface area contributed by atoms with Crippen LogP contribution in [-0.2, 0) is 9.53 Å². The van der Waals surface area contributed by atoms with E-state index in [1.807, 2.05) is 33.8 Å². The van der Waals surface area contributed by atoms with Gasteiger partial charge < -0.3 is 14.6 Å². The number of ether oxygens (including phenoxy) is 2. The van der Waals surface area contributed by atoms with Gasteiger partial charge in [-0.1, -0.05) is 25.5 Å². The molecule has 1 aliphatic rings. The zero-order chi connectivity index (χ0) is 21.0. The lowest BCUT2D eigenvalue weighted by Crippen LogP contribution is -2.18. The van der Waals surface area contributed by atoms with Gasteiger partial charge in [-0.15, -0.1) is 0 Å². The van der Waals surface area contributed by atoms with Crippen molar-refractivity contribution in [3.63, 3.8) is 0 Å². The Bertz CT molecular complexity index is 856. The first-order valence-corrected chi connectivity index (χ1v) is 9.19. The Kier molecular flexibility index (Phi) is 6.78. The van der Waals surface area contributed by atoms with Crippen molar-refractivity contribution in [2.45, 2.75) is 46.6 Å². The number of phenolic OH excluding ortho intramolecular Hbond substituents is 1. The van der Waals surface area contributed by atoms with E-state index in [0.717, 1.165) is 17.7 Å². The molecule has 6 heteroatoms. The molecule has 0 aromatic heterocycles. The Balaban J connectivity index is 2.59. The number of rotatable bonds is 7. The number of benzene rings is 1. The summed E-state index contributed by atoms with van der Waals surface area (Å²) in [6.45, 7) is 7.66. The molecule has 0 amide bonds. The van der Waals surface area contributed by atoms with Crippen LogP contribution in [0.25, 0.3) is 0 Å². The number of allylic oxidation sites excluding steroid dienone is 3. The molecule has 6 nitrogen and oxygen atoms in total. The number of methoxy groups -OCH3 is 1. The van der Waals surface area contributed by atoms with Gasteiger partial charge in [0.25, 0.3) is 0 Å². The van der Waals surface area contributed by atoms with Gasteiger partial charge in [0.1, 0.15) is 17.6 Å². The van der Waals surface area contributed by atoms with Crippen LogP contribution in [0.4, 0.5) is 0 Å². The quantitative estimate of drug-likeness (QED) is 0.554. The zero-order valence-electron chi connectivity index (χ0n) is 16.9. The first-order chi connectivity index (χ1) is 13.1. The van der Waals surface area contributed by atoms with Crippen molar-refractivity contribution in [3.05, 3.63) is 46.6 Å². The third kappa shape index (κ3) is 4.68. The summed E-state index contributed by atoms with van der Waals surface area (Å²) in [6.07, 6.45) is 3.99. The summed E-state index contributed by atoms with van der Waals surface area (Å²) in [7, 11) is 1.38. The third-order valence-electron chi connectivity index (χ3n) is 4.31. The molecule has 1 aliphatic carbocycles. The predicted molar refractivity (Wildman–Crippen MR) is 105 cm³/mol. The van der Waals surface area contributed by atoms with Gasteiger partial charge in [0, 0.05) is 18.4 Å². The van der Waals surface area contributed by atoms with E-state index in [2.05, 4.69) is 0 Å². The summed E-state index contributed by atoms with van der Waals surface area (Å²) in [4.78, 5) is 36.9. The molecule has 0 saturated heterocycles. The molecule has 1 N–H and O–H groups in total. The molecular weight excluding hydrogens is 360 g/mol. The molecule has 0 radical (unpaired) electrons. The number of fused-ring (bicyclic) bond motifs is 1. The second-order valence-corrected chi connectivity index (χ2v) is 7.42. The largest absolute Gasteiger partial charge is 0.507 e. The van der Waals surface area contributed by atoms with Crippen LogP contribution < -0.4 is 4.74 Å². The van der Waals surface area contributed by atoms with Gasteiger partial charge in [-0.25, -0.2) is 0 Å². The van der Waals surface area contributed by atoms with Crippen LogP contribution in [0.2, 0.25) is 0 Å². The SMILES string of the molecule is COc1c([C@@H](CC=C(C)C)OC(=O)CC(C)C)cc(O)c2c1C(=O)C=CC2=O. The molecule has 1 atom stereocenters. The summed E-state index contributed by atoms with van der Waals surface area (Å²) in [6, 6.07) is 1.34. The van der Waals surface area contributed by atoms with E-state index in [1.54, 1.807) is 0 Å². The minimum absolute atomic E-state index is 0.00731. The van der Waals surface area contributed by atoms with E-state index >= 15 is 0 Å². The molecule has 0 spiro atoms. The second kappa shape index (κ2) is 8.87. The molecule has 0 aliphatic heterocycles. The molecule has 0 bridgehead atoms. The van der Waals surface area contributed by atoms with Crippen molar-refractivity contribution in [3.8, 4) is 11.5 Å². The van der Waals surface area contributed by atoms with Crippen LogP contribution in [0.1, 0.15) is 72.9 Å². The number of esters is 1. The van der Waals surface area contributed by atoms with E-state index in [9.17, 15) is 19.5 Å². The van der Waals surface area contributed by atoms with E-state index < -0.39 is 17.7 Å². The monoisotopic (exact) mass is 386 g/mol. The Morgan fingerprint density at radius 2 is 1.75 bits per heavy atom. The normalized spacial score (nSPS) is 13.9. The number of ketones is 2. The summed E-state index contributed by atoms with van der Waals surface area (Å²) in [5.74, 6) is -1.38. The molecule has 1 aromatic rings. The lowest BCUT2D eigenvalue weighted by molar-refractivity contribution is -0.150. The maximum atomic E-state index is 12.4. The van der Waals surface area contributed by atoms with Crippen LogP contribution in [0.5, 0.6) is 11.5 Å². The predicted octanol–water partition coefficient (Wildman–Crippen LogP) is 4.32. The number of hydrogen-bond acceptors (Lipinski definition) is 6. The zero-order valence-corrected chi connectivity index (χ0v) is 16.9. The van der Waals surface area contributed by atoms with Gasteiger partial charge in [0.15, 0.2) is 11.6 Å². The standard InChI is InChI=1S/C22H26O6/c1-12(2)6-9-18(28-19(26)10-13(3)4)14-11-17(25)20-15(23)7-8-16(24)21(20)22(14)27-5/h6-8,11,13,18,25H,9-10H2,1-5H3/t18-/m1/s1. The van der Waals surface area contributed by atoms with Gasteiger partial charge in [-0.2, -0.15) is 0 Å². The van der Waals surface area contributed by atoms with Crippen molar-refractivity contribution in [2.24, 2.45) is 5.92 Å². The maximum absolute atomic E-state index is 12.4. The molecule has 0 fully saturated rings. The maximum Gasteiger partial charge on any atom is 0.306 e. The number of carbonyl (C=O) groups excluding carboxylic acids is 3. The van der Waals surface area contributed by atoms with Crippen LogP contribution in [0.15, 0.2) is 29.9 Å². The van der Waals surface area contributed by atoms with Crippen molar-refractivity contribution < 1.29 is 29.0 Å². The Hall–Kier alpha value is -2.89. The van der Waals surface area contributed by atoms with E-state index in [0.29, 0.717) is 12.0 Å². The molecule has 150 valence electrons. The highest BCUT2D eigenvalue weighted by Gasteiger charge is 2.32. The highest BCUT2D eigenvalue weighted by molar-refractivity contribution is 6.24. The Morgan fingerprint density at radius 1 is 1.14 bits per heavy atom. The number of carbonyl (C=O) groups is 3. The lowest BCUT2D eigenvalue weighted by atomic mass is 9.88. The van der Waals surface area contributed by atoms with Gasteiger partial charge in [-0.3, -0.25) is 14.4 Å². The Morgan fingerprint density at radius 3 is 2.29 bits per heavy atom. The van der Waals surface area contributed by atoms with Gasteiger partial charge in [0.05, 0.1) is 18.2 Å². The average molecular weight is 386 g/mol. The minimum atomic E-state index is -0.763. The molecule has 0 unspecified atom stereocenters. The average Bonchev–Trinajstić information content (AvgIpc) is 2.60. The molecule has 28 heavy (non-hydrogen) atoms. The summed E-state index contributed by atoms with van der Waals surface area (Å²) < 4.78 is 11.1. The second-order valence-electron chi connectivity index (χ2n) is 7.42. The van der Waals surface area contributed by atoms with Crippen LogP contribution >= 0.6 is 0 Å². The van der Waals surface area contributed by atoms with Crippen molar-refractivity contribution in [2.75, 3.05) is 7.11 Å². The van der Waals surface area contributed by atoms with Gasteiger partial charge in [-0.05, 0) is 38.0 Å². The van der Waals surface area contributed by atoms with Crippen LogP contribution in [-0.4, -0.2) is 29.8 Å². The van der Waals surface area contributed by atoms with Crippen molar-refractivity contribution in [1.82, 2.24) is 0 Å². The lowest BCUT2D eigenvalue weighted by Gasteiger charge is -2.24. The number of hydrogen-bond donors (Lipinski definition) is 1. The smallest absolute Gasteiger partial charge is 0.306 e. The summed E-state index contributed by atoms with van der Waals surface area (Å²) in [5.41, 5.74) is 1.28. The van der Waals surface area contributed by atoms with E-state index in [-0.39, 0.29) is 40.9 Å². The molecular formula is C22H26O6. The van der Waals surface area contributed by atoms with Crippen LogP contribution in [0.3, 0.4) is 0 Å². The van der Waals surface area contributed by atoms with Gasteiger partial charge in [0.2, 0.25) is 0 Å². The number of phenols is 1. The first kappa shape index (κ1) is 21.4. The first-order valence-electron chi connectivity index (χ1n) is 9.19. The van der Waals surface area contributed by atoms with Crippen molar-refractivity contribution >= 4 is 17.5 Å². The summed E-state index contributed by atoms with van der Waals surface area (Å²) >= 11 is 0. The molecule has 2 rings (SSSR count). The third-order valence-corrected chi connectivity index (χ3v) is 4.31. The minimum Gasteiger partial charge on any atom is -0.507 e. The molecule has 0 saturated carbocycles. The highest BCUT2D eigenvalue weighted by Crippen LogP contribution is 2.41. The fraction of sp³-hybridized carbons (Fsp3) is 0.409. The van der Waals surface area contributed by atoms with E-state index in [4.69, 9.17) is 9.47 Å². The van der Waals surface area contributed by atoms with E-state index in [1.165, 1.54) is 13.2 Å². The fourth-order valence-corrected chi connectivity index (χ4v) is 3.05. The molecule has 1 aromatic carbocycles. The molecule has 0 heterocycles. The highest BCUT2D eigenvalue weighted by atomic mass is 16.5.